The van der Waals surface area contributed by atoms with Gasteiger partial charge < -0.3 is 19.5 Å². The number of hydrogen-bond donors (Lipinski definition) is 1. The number of aliphatic hydroxyl groups excluding tert-OH is 1. The molecule has 6 nitrogen and oxygen atoms in total. The Hall–Kier alpha value is -3.28. The van der Waals surface area contributed by atoms with Gasteiger partial charge in [-0.3, -0.25) is 9.59 Å². The van der Waals surface area contributed by atoms with Crippen molar-refractivity contribution in [3.8, 4) is 11.5 Å². The zero-order valence-electron chi connectivity index (χ0n) is 21.0. The smallest absolute Gasteiger partial charge is 0.295 e. The molecule has 1 saturated carbocycles. The van der Waals surface area contributed by atoms with Crippen LogP contribution in [0, 0.1) is 6.92 Å². The molecular weight excluding hydrogens is 442 g/mol. The molecule has 0 radical (unpaired) electrons. The van der Waals surface area contributed by atoms with Crippen molar-refractivity contribution in [2.24, 2.45) is 0 Å². The Morgan fingerprint density at radius 3 is 2.34 bits per heavy atom. The molecule has 0 aromatic heterocycles. The quantitative estimate of drug-likeness (QED) is 0.304. The van der Waals surface area contributed by atoms with Gasteiger partial charge in [-0.15, -0.1) is 0 Å². The third-order valence-electron chi connectivity index (χ3n) is 6.77. The second-order valence-corrected chi connectivity index (χ2v) is 9.65. The molecule has 0 bridgehead atoms. The van der Waals surface area contributed by atoms with Crippen molar-refractivity contribution in [2.45, 2.75) is 78.0 Å². The first-order valence-corrected chi connectivity index (χ1v) is 12.6. The van der Waals surface area contributed by atoms with Gasteiger partial charge >= 0.3 is 0 Å². The Morgan fingerprint density at radius 2 is 1.74 bits per heavy atom. The maximum atomic E-state index is 13.4. The van der Waals surface area contributed by atoms with E-state index >= 15 is 0 Å². The molecule has 1 saturated heterocycles. The Kier molecular flexibility index (Phi) is 7.48. The van der Waals surface area contributed by atoms with Gasteiger partial charge in [0.05, 0.1) is 24.3 Å². The minimum absolute atomic E-state index is 0.0219. The van der Waals surface area contributed by atoms with E-state index in [1.54, 1.807) is 23.1 Å². The van der Waals surface area contributed by atoms with Gasteiger partial charge in [0, 0.05) is 11.6 Å². The van der Waals surface area contributed by atoms with Crippen LogP contribution < -0.4 is 9.47 Å². The molecule has 1 N–H and O–H groups in total. The van der Waals surface area contributed by atoms with Gasteiger partial charge in [-0.2, -0.15) is 0 Å². The van der Waals surface area contributed by atoms with Crippen LogP contribution in [0.25, 0.3) is 5.76 Å². The SMILES string of the molecule is CCOc1ccc(C2/C(=C(/O)c3ccc(OC(C)C)c(C)c3)C(=O)C(=O)N2C2CCCCC2)cc1. The highest BCUT2D eigenvalue weighted by molar-refractivity contribution is 6.46. The van der Waals surface area contributed by atoms with E-state index < -0.39 is 17.7 Å². The monoisotopic (exact) mass is 477 g/mol. The molecule has 1 unspecified atom stereocenters. The van der Waals surface area contributed by atoms with E-state index in [0.717, 1.165) is 54.7 Å². The topological polar surface area (TPSA) is 76.1 Å². The largest absolute Gasteiger partial charge is 0.507 e. The molecule has 1 heterocycles. The third-order valence-corrected chi connectivity index (χ3v) is 6.77. The van der Waals surface area contributed by atoms with E-state index in [-0.39, 0.29) is 23.5 Å². The molecular formula is C29H35NO5. The van der Waals surface area contributed by atoms with Crippen LogP contribution in [0.5, 0.6) is 11.5 Å². The minimum atomic E-state index is -0.638. The summed E-state index contributed by atoms with van der Waals surface area (Å²) in [6.07, 6.45) is 4.94. The van der Waals surface area contributed by atoms with Crippen LogP contribution in [0.3, 0.4) is 0 Å². The predicted octanol–water partition coefficient (Wildman–Crippen LogP) is 5.94. The molecule has 0 spiro atoms. The fraction of sp³-hybridized carbons (Fsp3) is 0.448. The van der Waals surface area contributed by atoms with Crippen molar-refractivity contribution >= 4 is 17.4 Å². The molecule has 6 heteroatoms. The first-order valence-electron chi connectivity index (χ1n) is 12.6. The maximum Gasteiger partial charge on any atom is 0.295 e. The molecule has 1 amide bonds. The standard InChI is InChI=1S/C29H35NO5/c1-5-34-23-14-11-20(12-15-23)26-25(28(32)29(33)30(26)22-9-7-6-8-10-22)27(31)21-13-16-24(19(4)17-21)35-18(2)3/h11-18,22,26,31H,5-10H2,1-4H3/b27-25-. The molecule has 4 rings (SSSR count). The average Bonchev–Trinajstić information content (AvgIpc) is 3.11. The average molecular weight is 478 g/mol. The fourth-order valence-electron chi connectivity index (χ4n) is 5.16. The number of amides is 1. The number of nitrogens with zero attached hydrogens (tertiary/aromatic N) is 1. The summed E-state index contributed by atoms with van der Waals surface area (Å²) in [6.45, 7) is 8.29. The summed E-state index contributed by atoms with van der Waals surface area (Å²) in [5, 5.41) is 11.4. The number of carbonyl (C=O) groups is 2. The van der Waals surface area contributed by atoms with Crippen LogP contribution >= 0.6 is 0 Å². The van der Waals surface area contributed by atoms with Crippen LogP contribution in [-0.4, -0.2) is 40.4 Å². The summed E-state index contributed by atoms with van der Waals surface area (Å²) < 4.78 is 11.4. The van der Waals surface area contributed by atoms with Crippen LogP contribution in [0.15, 0.2) is 48.0 Å². The second-order valence-electron chi connectivity index (χ2n) is 9.65. The Balaban J connectivity index is 1.81. The molecule has 1 aliphatic carbocycles. The molecule has 2 aromatic rings. The number of ketones is 1. The number of aryl methyl sites for hydroxylation is 1. The molecule has 1 aliphatic heterocycles. The van der Waals surface area contributed by atoms with Gasteiger partial charge in [0.2, 0.25) is 0 Å². The van der Waals surface area contributed by atoms with Crippen LogP contribution in [0.2, 0.25) is 0 Å². The highest BCUT2D eigenvalue weighted by atomic mass is 16.5. The lowest BCUT2D eigenvalue weighted by atomic mass is 9.91. The van der Waals surface area contributed by atoms with Crippen molar-refractivity contribution in [3.05, 3.63) is 64.7 Å². The minimum Gasteiger partial charge on any atom is -0.507 e. The molecule has 2 fully saturated rings. The number of ether oxygens (including phenoxy) is 2. The number of benzene rings is 2. The predicted molar refractivity (Wildman–Crippen MR) is 136 cm³/mol. The highest BCUT2D eigenvalue weighted by Crippen LogP contribution is 2.43. The third kappa shape index (κ3) is 5.07. The normalized spacial score (nSPS) is 20.5. The summed E-state index contributed by atoms with van der Waals surface area (Å²) in [7, 11) is 0. The zero-order valence-corrected chi connectivity index (χ0v) is 21.0. The van der Waals surface area contributed by atoms with Gasteiger partial charge in [-0.05, 0) is 82.0 Å². The zero-order chi connectivity index (χ0) is 25.1. The second kappa shape index (κ2) is 10.5. The Morgan fingerprint density at radius 1 is 1.06 bits per heavy atom. The van der Waals surface area contributed by atoms with E-state index in [0.29, 0.717) is 12.2 Å². The van der Waals surface area contributed by atoms with Crippen molar-refractivity contribution in [2.75, 3.05) is 6.61 Å². The van der Waals surface area contributed by atoms with Crippen molar-refractivity contribution in [1.82, 2.24) is 4.90 Å². The van der Waals surface area contributed by atoms with Gasteiger partial charge in [0.15, 0.2) is 0 Å². The van der Waals surface area contributed by atoms with E-state index in [1.165, 1.54) is 0 Å². The molecule has 2 aromatic carbocycles. The van der Waals surface area contributed by atoms with Crippen molar-refractivity contribution < 1.29 is 24.2 Å². The Bertz CT molecular complexity index is 1110. The maximum absolute atomic E-state index is 13.4. The lowest BCUT2D eigenvalue weighted by molar-refractivity contribution is -0.141. The van der Waals surface area contributed by atoms with E-state index in [9.17, 15) is 14.7 Å². The number of rotatable bonds is 7. The van der Waals surface area contributed by atoms with Crippen molar-refractivity contribution in [3.63, 3.8) is 0 Å². The summed E-state index contributed by atoms with van der Waals surface area (Å²) in [6, 6.07) is 12.1. The fourth-order valence-corrected chi connectivity index (χ4v) is 5.16. The van der Waals surface area contributed by atoms with Gasteiger partial charge in [-0.25, -0.2) is 0 Å². The number of aliphatic hydroxyl groups is 1. The molecule has 1 atom stereocenters. The first kappa shape index (κ1) is 24.8. The Labute approximate surface area is 207 Å². The first-order chi connectivity index (χ1) is 16.8. The number of Topliss-reactive ketones (excluding diaryl/α,β-unsaturated/α-hetero) is 1. The summed E-state index contributed by atoms with van der Waals surface area (Å²) in [4.78, 5) is 28.4. The lowest BCUT2D eigenvalue weighted by Crippen LogP contribution is -2.40. The van der Waals surface area contributed by atoms with Gasteiger partial charge in [0.25, 0.3) is 11.7 Å². The van der Waals surface area contributed by atoms with Crippen LogP contribution in [-0.2, 0) is 9.59 Å². The van der Waals surface area contributed by atoms with Crippen LogP contribution in [0.4, 0.5) is 0 Å². The lowest BCUT2D eigenvalue weighted by Gasteiger charge is -2.35. The highest BCUT2D eigenvalue weighted by Gasteiger charge is 2.48. The van der Waals surface area contributed by atoms with Crippen LogP contribution in [0.1, 0.15) is 75.6 Å². The van der Waals surface area contributed by atoms with E-state index in [1.807, 2.05) is 52.0 Å². The molecule has 35 heavy (non-hydrogen) atoms. The van der Waals surface area contributed by atoms with E-state index in [2.05, 4.69) is 0 Å². The van der Waals surface area contributed by atoms with Crippen molar-refractivity contribution in [1.29, 1.82) is 0 Å². The number of carbonyl (C=O) groups excluding carboxylic acids is 2. The number of hydrogen-bond acceptors (Lipinski definition) is 5. The molecule has 2 aliphatic rings. The summed E-state index contributed by atoms with van der Waals surface area (Å²) in [5.41, 5.74) is 2.27. The number of likely N-dealkylation sites (tertiary alicyclic amines) is 1. The summed E-state index contributed by atoms with van der Waals surface area (Å²) in [5.74, 6) is 0.130. The summed E-state index contributed by atoms with van der Waals surface area (Å²) >= 11 is 0. The molecule has 186 valence electrons. The van der Waals surface area contributed by atoms with E-state index in [4.69, 9.17) is 9.47 Å². The van der Waals surface area contributed by atoms with Gasteiger partial charge in [-0.1, -0.05) is 31.4 Å². The van der Waals surface area contributed by atoms with Gasteiger partial charge in [0.1, 0.15) is 17.3 Å².